The van der Waals surface area contributed by atoms with E-state index in [1.54, 1.807) is 12.3 Å². The number of halogens is 2. The minimum absolute atomic E-state index is 0.182. The summed E-state index contributed by atoms with van der Waals surface area (Å²) in [4.78, 5) is 12.6. The van der Waals surface area contributed by atoms with E-state index in [9.17, 15) is 0 Å². The molecule has 0 fully saturated rings. The van der Waals surface area contributed by atoms with Crippen LogP contribution in [0.15, 0.2) is 12.3 Å². The van der Waals surface area contributed by atoms with Crippen molar-refractivity contribution in [2.45, 2.75) is 58.2 Å². The van der Waals surface area contributed by atoms with Gasteiger partial charge in [-0.1, -0.05) is 59.1 Å². The molecule has 0 saturated carbocycles. The van der Waals surface area contributed by atoms with Crippen LogP contribution in [0, 0.1) is 11.5 Å². The molecule has 2 aromatic rings. The molecule has 0 spiro atoms. The third kappa shape index (κ3) is 3.59. The monoisotopic (exact) mass is 379 g/mol. The molecule has 0 unspecified atom stereocenters. The maximum Gasteiger partial charge on any atom is 0.224 e. The molecule has 2 heterocycles. The first-order valence-electron chi connectivity index (χ1n) is 8.20. The van der Waals surface area contributed by atoms with Crippen LogP contribution in [0.1, 0.15) is 47.2 Å². The summed E-state index contributed by atoms with van der Waals surface area (Å²) < 4.78 is 0. The molecule has 0 aromatic carbocycles. The van der Waals surface area contributed by atoms with Crippen molar-refractivity contribution in [3.63, 3.8) is 0 Å². The molecule has 0 N–H and O–H groups in total. The first-order valence-corrected chi connectivity index (χ1v) is 11.2. The zero-order valence-electron chi connectivity index (χ0n) is 15.0. The van der Waals surface area contributed by atoms with E-state index in [0.717, 1.165) is 5.39 Å². The van der Waals surface area contributed by atoms with Crippen LogP contribution in [-0.2, 0) is 0 Å². The highest BCUT2D eigenvalue weighted by atomic mass is 35.5. The summed E-state index contributed by atoms with van der Waals surface area (Å²) in [5.74, 6) is 3.33. The molecule has 0 radical (unpaired) electrons. The summed E-state index contributed by atoms with van der Waals surface area (Å²) >= 11 is 12.1. The smallest absolute Gasteiger partial charge is 0.224 e. The van der Waals surface area contributed by atoms with Gasteiger partial charge in [-0.05, 0) is 34.3 Å². The fourth-order valence-electron chi connectivity index (χ4n) is 3.67. The lowest BCUT2D eigenvalue weighted by molar-refractivity contribution is 0.838. The summed E-state index contributed by atoms with van der Waals surface area (Å²) in [5.41, 5.74) is 6.62. The topological polar surface area (TPSA) is 38.7 Å². The van der Waals surface area contributed by atoms with Gasteiger partial charge in [0.2, 0.25) is 5.28 Å². The molecular formula is C18H23Cl2N3Si. The fourth-order valence-corrected chi connectivity index (χ4v) is 9.21. The Bertz CT molecular complexity index is 785. The standard InChI is InChI=1S/C18H23Cl2N3Si/c1-11(2)24(12(3)4,13(5)6)8-7-15-14-9-17(19)21-10-16(14)23-18(20)22-15/h9-13H,1-6H3. The first-order chi connectivity index (χ1) is 11.2. The lowest BCUT2D eigenvalue weighted by atomic mass is 10.2. The molecule has 128 valence electrons. The summed E-state index contributed by atoms with van der Waals surface area (Å²) in [5, 5.41) is 1.38. The Kier molecular flexibility index (Phi) is 5.90. The molecule has 0 bridgehead atoms. The van der Waals surface area contributed by atoms with Crippen LogP contribution < -0.4 is 0 Å². The average Bonchev–Trinajstić information content (AvgIpc) is 2.47. The highest BCUT2D eigenvalue weighted by Gasteiger charge is 2.41. The highest BCUT2D eigenvalue weighted by molar-refractivity contribution is 6.90. The summed E-state index contributed by atoms with van der Waals surface area (Å²) in [6.45, 7) is 13.7. The van der Waals surface area contributed by atoms with E-state index >= 15 is 0 Å². The molecule has 3 nitrogen and oxygen atoms in total. The lowest BCUT2D eigenvalue weighted by Crippen LogP contribution is -2.43. The van der Waals surface area contributed by atoms with Gasteiger partial charge in [0.15, 0.2) is 0 Å². The van der Waals surface area contributed by atoms with E-state index in [2.05, 4.69) is 68.0 Å². The van der Waals surface area contributed by atoms with E-state index in [-0.39, 0.29) is 5.28 Å². The molecule has 0 atom stereocenters. The molecule has 0 aliphatic heterocycles. The Hall–Kier alpha value is -1.15. The predicted octanol–water partition coefficient (Wildman–Crippen LogP) is 5.90. The first kappa shape index (κ1) is 19.2. The predicted molar refractivity (Wildman–Crippen MR) is 105 cm³/mol. The van der Waals surface area contributed by atoms with Crippen LogP contribution in [-0.4, -0.2) is 23.0 Å². The van der Waals surface area contributed by atoms with Crippen LogP contribution in [0.3, 0.4) is 0 Å². The normalized spacial score (nSPS) is 12.1. The number of pyridine rings is 1. The Morgan fingerprint density at radius 1 is 0.958 bits per heavy atom. The second kappa shape index (κ2) is 7.39. The van der Waals surface area contributed by atoms with Gasteiger partial charge in [0.1, 0.15) is 18.9 Å². The molecule has 6 heteroatoms. The molecule has 24 heavy (non-hydrogen) atoms. The maximum absolute atomic E-state index is 6.06. The molecule has 0 amide bonds. The number of rotatable bonds is 3. The van der Waals surface area contributed by atoms with E-state index in [1.807, 2.05) is 0 Å². The molecule has 0 aliphatic carbocycles. The van der Waals surface area contributed by atoms with Crippen molar-refractivity contribution < 1.29 is 0 Å². The second-order valence-corrected chi connectivity index (χ2v) is 13.3. The van der Waals surface area contributed by atoms with Gasteiger partial charge < -0.3 is 0 Å². The average molecular weight is 380 g/mol. The fraction of sp³-hybridized carbons (Fsp3) is 0.500. The van der Waals surface area contributed by atoms with Crippen molar-refractivity contribution >= 4 is 42.2 Å². The van der Waals surface area contributed by atoms with Gasteiger partial charge in [0.05, 0.1) is 11.7 Å². The lowest BCUT2D eigenvalue weighted by Gasteiger charge is -2.38. The van der Waals surface area contributed by atoms with Crippen LogP contribution in [0.4, 0.5) is 0 Å². The minimum atomic E-state index is -1.84. The van der Waals surface area contributed by atoms with Crippen molar-refractivity contribution in [3.8, 4) is 11.5 Å². The number of fused-ring (bicyclic) bond motifs is 1. The summed E-state index contributed by atoms with van der Waals surface area (Å²) in [6.07, 6.45) is 1.61. The summed E-state index contributed by atoms with van der Waals surface area (Å²) in [7, 11) is -1.84. The Morgan fingerprint density at radius 2 is 1.54 bits per heavy atom. The van der Waals surface area contributed by atoms with E-state index in [4.69, 9.17) is 23.2 Å². The molecule has 2 rings (SSSR count). The Labute approximate surface area is 155 Å². The van der Waals surface area contributed by atoms with Crippen molar-refractivity contribution in [1.82, 2.24) is 15.0 Å². The van der Waals surface area contributed by atoms with Gasteiger partial charge in [0.25, 0.3) is 0 Å². The SMILES string of the molecule is CC(C)[Si](C#Cc1nc(Cl)nc2cnc(Cl)cc12)(C(C)C)C(C)C. The van der Waals surface area contributed by atoms with Gasteiger partial charge >= 0.3 is 0 Å². The maximum atomic E-state index is 6.06. The van der Waals surface area contributed by atoms with Gasteiger partial charge in [-0.15, -0.1) is 5.54 Å². The molecule has 0 saturated heterocycles. The quantitative estimate of drug-likeness (QED) is 0.288. The zero-order valence-corrected chi connectivity index (χ0v) is 17.5. The van der Waals surface area contributed by atoms with E-state index in [1.165, 1.54) is 0 Å². The Morgan fingerprint density at radius 3 is 2.08 bits per heavy atom. The number of aromatic nitrogens is 3. The third-order valence-electron chi connectivity index (χ3n) is 4.78. The second-order valence-electron chi connectivity index (χ2n) is 7.01. The van der Waals surface area contributed by atoms with Crippen LogP contribution in [0.25, 0.3) is 10.9 Å². The van der Waals surface area contributed by atoms with Crippen LogP contribution in [0.5, 0.6) is 0 Å². The van der Waals surface area contributed by atoms with Crippen molar-refractivity contribution in [2.75, 3.05) is 0 Å². The highest BCUT2D eigenvalue weighted by Crippen LogP contribution is 2.40. The minimum Gasteiger partial charge on any atom is -0.242 e. The number of hydrogen-bond acceptors (Lipinski definition) is 3. The largest absolute Gasteiger partial charge is 0.242 e. The van der Waals surface area contributed by atoms with Crippen LogP contribution in [0.2, 0.25) is 27.1 Å². The molecule has 0 aliphatic rings. The summed E-state index contributed by atoms with van der Waals surface area (Å²) in [6, 6.07) is 1.75. The van der Waals surface area contributed by atoms with Gasteiger partial charge in [-0.2, -0.15) is 0 Å². The number of nitrogens with zero attached hydrogens (tertiary/aromatic N) is 3. The van der Waals surface area contributed by atoms with Crippen molar-refractivity contribution in [2.24, 2.45) is 0 Å². The molecule has 2 aromatic heterocycles. The van der Waals surface area contributed by atoms with E-state index < -0.39 is 8.07 Å². The van der Waals surface area contributed by atoms with Gasteiger partial charge in [-0.3, -0.25) is 0 Å². The Balaban J connectivity index is 2.68. The van der Waals surface area contributed by atoms with Gasteiger partial charge in [-0.25, -0.2) is 15.0 Å². The third-order valence-corrected chi connectivity index (χ3v) is 11.5. The van der Waals surface area contributed by atoms with Crippen LogP contribution >= 0.6 is 23.2 Å². The van der Waals surface area contributed by atoms with Gasteiger partial charge in [0, 0.05) is 5.39 Å². The number of hydrogen-bond donors (Lipinski definition) is 0. The zero-order chi connectivity index (χ0) is 18.1. The van der Waals surface area contributed by atoms with E-state index in [0.29, 0.717) is 33.0 Å². The molecular weight excluding hydrogens is 357 g/mol. The van der Waals surface area contributed by atoms with Crippen molar-refractivity contribution in [1.29, 1.82) is 0 Å². The van der Waals surface area contributed by atoms with Crippen molar-refractivity contribution in [3.05, 3.63) is 28.4 Å².